The number of rotatable bonds is 5. The van der Waals surface area contributed by atoms with Crippen LogP contribution in [0, 0.1) is 0 Å². The zero-order valence-electron chi connectivity index (χ0n) is 16.5. The highest BCUT2D eigenvalue weighted by molar-refractivity contribution is 6.31. The zero-order valence-corrected chi connectivity index (χ0v) is 17.3. The summed E-state index contributed by atoms with van der Waals surface area (Å²) in [6, 6.07) is 26.2. The van der Waals surface area contributed by atoms with Gasteiger partial charge in [0.15, 0.2) is 0 Å². The van der Waals surface area contributed by atoms with Crippen LogP contribution >= 0.6 is 11.6 Å². The molecule has 4 nitrogen and oxygen atoms in total. The molecule has 0 bridgehead atoms. The third kappa shape index (κ3) is 3.59. The lowest BCUT2D eigenvalue weighted by Crippen LogP contribution is -2.24. The van der Waals surface area contributed by atoms with Crippen molar-refractivity contribution in [2.75, 3.05) is 6.54 Å². The quantitative estimate of drug-likeness (QED) is 0.446. The van der Waals surface area contributed by atoms with Gasteiger partial charge < -0.3 is 9.47 Å². The van der Waals surface area contributed by atoms with E-state index in [1.54, 1.807) is 0 Å². The second-order valence-electron chi connectivity index (χ2n) is 7.80. The smallest absolute Gasteiger partial charge is 0.223 e. The van der Waals surface area contributed by atoms with Crippen LogP contribution in [0.2, 0.25) is 5.02 Å². The van der Waals surface area contributed by atoms with Gasteiger partial charge in [0.25, 0.3) is 0 Å². The number of carbonyl (C=O) groups excluding carboxylic acids is 1. The Morgan fingerprint density at radius 2 is 1.63 bits per heavy atom. The number of hydrogen-bond acceptors (Lipinski definition) is 2. The van der Waals surface area contributed by atoms with Crippen LogP contribution in [0.1, 0.15) is 29.3 Å². The van der Waals surface area contributed by atoms with E-state index in [0.29, 0.717) is 26.1 Å². The molecule has 1 saturated heterocycles. The minimum Gasteiger partial charge on any atom is -0.338 e. The molecule has 0 spiro atoms. The standard InChI is InChI=1S/C25H22ClN3O/c26-21-11-5-4-10-19(21)17-29-23-13-7-6-12-22(23)27-25(29)20-14-24(30)28(16-20)15-18-8-2-1-3-9-18/h1-13,20H,14-17H2/t20-/m1/s1. The monoisotopic (exact) mass is 415 g/mol. The minimum atomic E-state index is 0.0658. The lowest BCUT2D eigenvalue weighted by molar-refractivity contribution is -0.128. The first kappa shape index (κ1) is 18.9. The number of fused-ring (bicyclic) bond motifs is 1. The highest BCUT2D eigenvalue weighted by Gasteiger charge is 2.34. The average molecular weight is 416 g/mol. The van der Waals surface area contributed by atoms with Gasteiger partial charge in [-0.3, -0.25) is 4.79 Å². The van der Waals surface area contributed by atoms with E-state index in [4.69, 9.17) is 16.6 Å². The average Bonchev–Trinajstić information content (AvgIpc) is 3.31. The van der Waals surface area contributed by atoms with Gasteiger partial charge in [0.2, 0.25) is 5.91 Å². The molecular weight excluding hydrogens is 394 g/mol. The maximum absolute atomic E-state index is 12.8. The molecule has 1 amide bonds. The second kappa shape index (κ2) is 7.96. The highest BCUT2D eigenvalue weighted by Crippen LogP contribution is 2.32. The van der Waals surface area contributed by atoms with E-state index in [1.807, 2.05) is 65.6 Å². The van der Waals surface area contributed by atoms with Gasteiger partial charge >= 0.3 is 0 Å². The Kier molecular flexibility index (Phi) is 5.01. The van der Waals surface area contributed by atoms with Crippen LogP contribution in [0.3, 0.4) is 0 Å². The van der Waals surface area contributed by atoms with Crippen LogP contribution in [0.5, 0.6) is 0 Å². The predicted molar refractivity (Wildman–Crippen MR) is 120 cm³/mol. The fourth-order valence-corrected chi connectivity index (χ4v) is 4.47. The van der Waals surface area contributed by atoms with Crippen molar-refractivity contribution in [3.05, 3.63) is 101 Å². The van der Waals surface area contributed by atoms with Crippen molar-refractivity contribution in [1.82, 2.24) is 14.5 Å². The molecule has 30 heavy (non-hydrogen) atoms. The molecule has 0 aliphatic carbocycles. The van der Waals surface area contributed by atoms with Crippen molar-refractivity contribution < 1.29 is 4.79 Å². The van der Waals surface area contributed by atoms with E-state index in [1.165, 1.54) is 0 Å². The molecule has 1 aliphatic heterocycles. The number of aromatic nitrogens is 2. The zero-order chi connectivity index (χ0) is 20.5. The predicted octanol–water partition coefficient (Wildman–Crippen LogP) is 5.25. The number of benzene rings is 3. The molecule has 150 valence electrons. The van der Waals surface area contributed by atoms with Crippen LogP contribution in [-0.2, 0) is 17.9 Å². The lowest BCUT2D eigenvalue weighted by atomic mass is 10.1. The van der Waals surface area contributed by atoms with Crippen molar-refractivity contribution >= 4 is 28.5 Å². The van der Waals surface area contributed by atoms with Crippen molar-refractivity contribution in [3.63, 3.8) is 0 Å². The molecule has 1 aromatic heterocycles. The molecule has 2 heterocycles. The summed E-state index contributed by atoms with van der Waals surface area (Å²) in [5.41, 5.74) is 4.22. The number of carbonyl (C=O) groups is 1. The number of imidazole rings is 1. The molecule has 1 fully saturated rings. The molecule has 5 rings (SSSR count). The molecule has 4 aromatic rings. The molecule has 0 N–H and O–H groups in total. The summed E-state index contributed by atoms with van der Waals surface area (Å²) < 4.78 is 2.22. The van der Waals surface area contributed by atoms with E-state index in [0.717, 1.165) is 33.0 Å². The largest absolute Gasteiger partial charge is 0.338 e. The number of hydrogen-bond donors (Lipinski definition) is 0. The lowest BCUT2D eigenvalue weighted by Gasteiger charge is -2.17. The Hall–Kier alpha value is -3.11. The van der Waals surface area contributed by atoms with Crippen LogP contribution in [0.25, 0.3) is 11.0 Å². The minimum absolute atomic E-state index is 0.0658. The molecule has 0 radical (unpaired) electrons. The van der Waals surface area contributed by atoms with Gasteiger partial charge in [0, 0.05) is 30.5 Å². The van der Waals surface area contributed by atoms with Crippen LogP contribution in [0.4, 0.5) is 0 Å². The maximum atomic E-state index is 12.8. The molecule has 1 aliphatic rings. The maximum Gasteiger partial charge on any atom is 0.223 e. The molecule has 0 unspecified atom stereocenters. The number of nitrogens with zero attached hydrogens (tertiary/aromatic N) is 3. The van der Waals surface area contributed by atoms with Crippen molar-refractivity contribution in [2.45, 2.75) is 25.4 Å². The molecule has 3 aromatic carbocycles. The van der Waals surface area contributed by atoms with Crippen molar-refractivity contribution in [1.29, 1.82) is 0 Å². The highest BCUT2D eigenvalue weighted by atomic mass is 35.5. The van der Waals surface area contributed by atoms with Gasteiger partial charge in [-0.05, 0) is 29.3 Å². The first-order chi connectivity index (χ1) is 14.7. The van der Waals surface area contributed by atoms with E-state index in [9.17, 15) is 4.79 Å². The summed E-state index contributed by atoms with van der Waals surface area (Å²) in [6.45, 7) is 1.96. The van der Waals surface area contributed by atoms with Gasteiger partial charge in [-0.2, -0.15) is 0 Å². The molecule has 1 atom stereocenters. The first-order valence-electron chi connectivity index (χ1n) is 10.2. The summed E-state index contributed by atoms with van der Waals surface area (Å²) in [5, 5.41) is 0.745. The van der Waals surface area contributed by atoms with Crippen molar-refractivity contribution in [3.8, 4) is 0 Å². The Balaban J connectivity index is 1.48. The van der Waals surface area contributed by atoms with Crippen LogP contribution in [0.15, 0.2) is 78.9 Å². The first-order valence-corrected chi connectivity index (χ1v) is 10.6. The van der Waals surface area contributed by atoms with E-state index in [2.05, 4.69) is 22.8 Å². The SMILES string of the molecule is O=C1C[C@@H](c2nc3ccccc3n2Cc2ccccc2Cl)CN1Cc1ccccc1. The fourth-order valence-electron chi connectivity index (χ4n) is 4.27. The number of halogens is 1. The molecular formula is C25H22ClN3O. The van der Waals surface area contributed by atoms with Gasteiger partial charge in [0.05, 0.1) is 17.6 Å². The number of likely N-dealkylation sites (tertiary alicyclic amines) is 1. The van der Waals surface area contributed by atoms with Crippen LogP contribution < -0.4 is 0 Å². The molecule has 5 heteroatoms. The van der Waals surface area contributed by atoms with Gasteiger partial charge in [0.1, 0.15) is 5.82 Å². The Morgan fingerprint density at radius 3 is 2.47 bits per heavy atom. The Bertz CT molecular complexity index is 1200. The van der Waals surface area contributed by atoms with Crippen molar-refractivity contribution in [2.24, 2.45) is 0 Å². The summed E-state index contributed by atoms with van der Waals surface area (Å²) >= 11 is 6.44. The third-order valence-electron chi connectivity index (χ3n) is 5.77. The topological polar surface area (TPSA) is 38.1 Å². The van der Waals surface area contributed by atoms with Gasteiger partial charge in [-0.15, -0.1) is 0 Å². The summed E-state index contributed by atoms with van der Waals surface area (Å²) in [5.74, 6) is 1.20. The summed E-state index contributed by atoms with van der Waals surface area (Å²) in [4.78, 5) is 19.7. The third-order valence-corrected chi connectivity index (χ3v) is 6.14. The summed E-state index contributed by atoms with van der Waals surface area (Å²) in [6.07, 6.45) is 0.485. The van der Waals surface area contributed by atoms with E-state index >= 15 is 0 Å². The number of para-hydroxylation sites is 2. The van der Waals surface area contributed by atoms with E-state index in [-0.39, 0.29) is 11.8 Å². The second-order valence-corrected chi connectivity index (χ2v) is 8.20. The van der Waals surface area contributed by atoms with E-state index < -0.39 is 0 Å². The molecule has 0 saturated carbocycles. The van der Waals surface area contributed by atoms with Gasteiger partial charge in [-0.25, -0.2) is 4.98 Å². The Morgan fingerprint density at radius 1 is 0.900 bits per heavy atom. The van der Waals surface area contributed by atoms with Crippen LogP contribution in [-0.4, -0.2) is 26.9 Å². The Labute approximate surface area is 180 Å². The number of amides is 1. The van der Waals surface area contributed by atoms with Gasteiger partial charge in [-0.1, -0.05) is 72.3 Å². The summed E-state index contributed by atoms with van der Waals surface area (Å²) in [7, 11) is 0. The normalized spacial score (nSPS) is 16.5. The fraction of sp³-hybridized carbons (Fsp3) is 0.200.